The molecule has 68 valence electrons. The molecule has 3 fully saturated rings. The molecule has 3 rings (SSSR count). The van der Waals surface area contributed by atoms with Crippen molar-refractivity contribution >= 4 is 15.9 Å². The lowest BCUT2D eigenvalue weighted by atomic mass is 9.44. The third kappa shape index (κ3) is 1.03. The van der Waals surface area contributed by atoms with Crippen molar-refractivity contribution in [1.29, 1.82) is 0 Å². The zero-order chi connectivity index (χ0) is 8.98. The van der Waals surface area contributed by atoms with Gasteiger partial charge in [-0.25, -0.2) is 8.42 Å². The number of hydrogen-bond acceptors (Lipinski definition) is 3. The highest BCUT2D eigenvalue weighted by molar-refractivity contribution is 7.89. The Hall–Kier alpha value is -0.580. The largest absolute Gasteiger partial charge is 0.273 e. The molecule has 0 spiro atoms. The molecule has 0 radical (unpaired) electrons. The van der Waals surface area contributed by atoms with Crippen molar-refractivity contribution in [2.24, 2.45) is 11.3 Å². The molecule has 2 bridgehead atoms. The normalized spacial score (nSPS) is 37.9. The first-order valence-electron chi connectivity index (χ1n) is 3.94. The number of rotatable bonds is 2. The van der Waals surface area contributed by atoms with Gasteiger partial charge in [0.2, 0.25) is 15.9 Å². The lowest BCUT2D eigenvalue weighted by Crippen LogP contribution is -2.60. The molecular formula is C7H11NO3S. The lowest BCUT2D eigenvalue weighted by Gasteiger charge is -2.59. The Morgan fingerprint density at radius 3 is 2.17 bits per heavy atom. The number of carbonyl (C=O) groups is 1. The summed E-state index contributed by atoms with van der Waals surface area (Å²) in [6.45, 7) is 0. The van der Waals surface area contributed by atoms with Gasteiger partial charge in [-0.15, -0.1) is 0 Å². The van der Waals surface area contributed by atoms with Gasteiger partial charge in [0.25, 0.3) is 0 Å². The molecule has 1 amide bonds. The van der Waals surface area contributed by atoms with Crippen molar-refractivity contribution in [2.45, 2.75) is 19.3 Å². The Bertz CT molecular complexity index is 316. The molecule has 12 heavy (non-hydrogen) atoms. The molecule has 4 nitrogen and oxygen atoms in total. The molecule has 3 aliphatic rings. The molecule has 1 N–H and O–H groups in total. The van der Waals surface area contributed by atoms with Gasteiger partial charge in [0, 0.05) is 0 Å². The van der Waals surface area contributed by atoms with Crippen molar-refractivity contribution in [3.8, 4) is 0 Å². The maximum Gasteiger partial charge on any atom is 0.239 e. The number of carbonyl (C=O) groups excluding carboxylic acids is 1. The molecule has 5 heteroatoms. The van der Waals surface area contributed by atoms with Crippen molar-refractivity contribution in [2.75, 3.05) is 6.26 Å². The van der Waals surface area contributed by atoms with Crippen LogP contribution in [-0.2, 0) is 14.8 Å². The third-order valence-electron chi connectivity index (χ3n) is 2.80. The van der Waals surface area contributed by atoms with Crippen LogP contribution < -0.4 is 4.72 Å². The van der Waals surface area contributed by atoms with Gasteiger partial charge >= 0.3 is 0 Å². The van der Waals surface area contributed by atoms with Gasteiger partial charge in [0.05, 0.1) is 11.7 Å². The molecular weight excluding hydrogens is 178 g/mol. The van der Waals surface area contributed by atoms with Crippen molar-refractivity contribution in [3.05, 3.63) is 0 Å². The quantitative estimate of drug-likeness (QED) is 0.657. The molecule has 0 aromatic rings. The van der Waals surface area contributed by atoms with E-state index in [1.54, 1.807) is 0 Å². The van der Waals surface area contributed by atoms with E-state index in [0.717, 1.165) is 25.5 Å². The monoisotopic (exact) mass is 189 g/mol. The predicted octanol–water partition coefficient (Wildman–Crippen LogP) is -0.138. The third-order valence-corrected chi connectivity index (χ3v) is 3.35. The highest BCUT2D eigenvalue weighted by Crippen LogP contribution is 2.64. The standard InChI is InChI=1S/C7H11NO3S/c1-12(10,11)8-6(9)7-2-5(3-7)4-7/h5H,2-4H2,1H3,(H,8,9). The molecule has 0 unspecified atom stereocenters. The highest BCUT2D eigenvalue weighted by atomic mass is 32.2. The van der Waals surface area contributed by atoms with Crippen molar-refractivity contribution in [3.63, 3.8) is 0 Å². The molecule has 3 saturated carbocycles. The summed E-state index contributed by atoms with van der Waals surface area (Å²) in [5, 5.41) is 0. The van der Waals surface area contributed by atoms with Gasteiger partial charge in [-0.1, -0.05) is 0 Å². The summed E-state index contributed by atoms with van der Waals surface area (Å²) < 4.78 is 23.5. The fourth-order valence-electron chi connectivity index (χ4n) is 2.03. The average Bonchev–Trinajstić information content (AvgIpc) is 1.45. The summed E-state index contributed by atoms with van der Waals surface area (Å²) >= 11 is 0. The van der Waals surface area contributed by atoms with E-state index in [9.17, 15) is 13.2 Å². The van der Waals surface area contributed by atoms with Crippen LogP contribution in [0.4, 0.5) is 0 Å². The summed E-state index contributed by atoms with van der Waals surface area (Å²) in [7, 11) is -3.36. The van der Waals surface area contributed by atoms with E-state index >= 15 is 0 Å². The van der Waals surface area contributed by atoms with Gasteiger partial charge in [-0.2, -0.15) is 0 Å². The topological polar surface area (TPSA) is 63.2 Å². The predicted molar refractivity (Wildman–Crippen MR) is 42.8 cm³/mol. The maximum atomic E-state index is 11.3. The average molecular weight is 189 g/mol. The summed E-state index contributed by atoms with van der Waals surface area (Å²) in [5.74, 6) is 0.391. The fourth-order valence-corrected chi connectivity index (χ4v) is 2.59. The van der Waals surface area contributed by atoms with Crippen LogP contribution in [0.2, 0.25) is 0 Å². The zero-order valence-corrected chi connectivity index (χ0v) is 7.65. The Morgan fingerprint density at radius 2 is 1.92 bits per heavy atom. The van der Waals surface area contributed by atoms with E-state index in [4.69, 9.17) is 0 Å². The molecule has 0 aromatic heterocycles. The van der Waals surface area contributed by atoms with Crippen LogP contribution in [0.25, 0.3) is 0 Å². The van der Waals surface area contributed by atoms with Crippen LogP contribution in [-0.4, -0.2) is 20.6 Å². The minimum atomic E-state index is -3.36. The van der Waals surface area contributed by atoms with Gasteiger partial charge in [-0.05, 0) is 25.2 Å². The molecule has 0 aliphatic heterocycles. The molecule has 0 atom stereocenters. The van der Waals surface area contributed by atoms with Gasteiger partial charge in [-0.3, -0.25) is 9.52 Å². The smallest absolute Gasteiger partial charge is 0.239 e. The minimum absolute atomic E-state index is 0.298. The van der Waals surface area contributed by atoms with E-state index < -0.39 is 10.0 Å². The van der Waals surface area contributed by atoms with Crippen molar-refractivity contribution < 1.29 is 13.2 Å². The molecule has 0 aromatic carbocycles. The van der Waals surface area contributed by atoms with Crippen LogP contribution in [0.15, 0.2) is 0 Å². The number of nitrogens with one attached hydrogen (secondary N) is 1. The summed E-state index contributed by atoms with van der Waals surface area (Å²) in [6.07, 6.45) is 3.66. The van der Waals surface area contributed by atoms with Crippen LogP contribution in [0.1, 0.15) is 19.3 Å². The second-order valence-corrected chi connectivity index (χ2v) is 5.71. The SMILES string of the molecule is CS(=O)(=O)NC(=O)C12CC(C1)C2. The van der Waals surface area contributed by atoms with E-state index in [-0.39, 0.29) is 11.3 Å². The summed E-state index contributed by atoms with van der Waals surface area (Å²) in [4.78, 5) is 11.3. The van der Waals surface area contributed by atoms with Crippen molar-refractivity contribution in [1.82, 2.24) is 4.72 Å². The molecule has 3 aliphatic carbocycles. The van der Waals surface area contributed by atoms with Gasteiger partial charge in [0.15, 0.2) is 0 Å². The van der Waals surface area contributed by atoms with Gasteiger partial charge < -0.3 is 0 Å². The number of hydrogen-bond donors (Lipinski definition) is 1. The maximum absolute atomic E-state index is 11.3. The van der Waals surface area contributed by atoms with Crippen LogP contribution >= 0.6 is 0 Å². The second kappa shape index (κ2) is 2.02. The highest BCUT2D eigenvalue weighted by Gasteiger charge is 2.61. The van der Waals surface area contributed by atoms with Crippen LogP contribution in [0.5, 0.6) is 0 Å². The first-order valence-corrected chi connectivity index (χ1v) is 5.83. The zero-order valence-electron chi connectivity index (χ0n) is 6.83. The first kappa shape index (κ1) is 8.04. The lowest BCUT2D eigenvalue weighted by molar-refractivity contribution is -0.162. The van der Waals surface area contributed by atoms with Crippen LogP contribution in [0, 0.1) is 11.3 Å². The van der Waals surface area contributed by atoms with E-state index in [1.807, 2.05) is 4.72 Å². The molecule has 0 heterocycles. The Labute approximate surface area is 71.4 Å². The Kier molecular flexibility index (Phi) is 1.35. The van der Waals surface area contributed by atoms with E-state index in [0.29, 0.717) is 5.92 Å². The van der Waals surface area contributed by atoms with Gasteiger partial charge in [0.1, 0.15) is 0 Å². The minimum Gasteiger partial charge on any atom is -0.273 e. The Balaban J connectivity index is 2.02. The van der Waals surface area contributed by atoms with Crippen LogP contribution in [0.3, 0.4) is 0 Å². The fraction of sp³-hybridized carbons (Fsp3) is 0.857. The second-order valence-electron chi connectivity index (χ2n) is 3.96. The van der Waals surface area contributed by atoms with E-state index in [2.05, 4.69) is 0 Å². The summed E-state index contributed by atoms with van der Waals surface area (Å²) in [5.41, 5.74) is -0.298. The summed E-state index contributed by atoms with van der Waals surface area (Å²) in [6, 6.07) is 0. The first-order chi connectivity index (χ1) is 5.41. The number of sulfonamides is 1. The Morgan fingerprint density at radius 1 is 1.42 bits per heavy atom. The van der Waals surface area contributed by atoms with E-state index in [1.165, 1.54) is 0 Å². The number of amides is 1. The molecule has 0 saturated heterocycles.